The van der Waals surface area contributed by atoms with E-state index < -0.39 is 0 Å². The van der Waals surface area contributed by atoms with Gasteiger partial charge in [0.1, 0.15) is 0 Å². The van der Waals surface area contributed by atoms with E-state index in [1.54, 1.807) is 0 Å². The second-order valence-electron chi connectivity index (χ2n) is 8.70. The Balaban J connectivity index is 1.60. The first-order valence-corrected chi connectivity index (χ1v) is 11.2. The molecule has 5 rings (SSSR count). The first-order valence-electron chi connectivity index (χ1n) is 11.2. The smallest absolute Gasteiger partial charge is 0.258 e. The molecule has 0 fully saturated rings. The molecule has 31 heavy (non-hydrogen) atoms. The Morgan fingerprint density at radius 3 is 2.55 bits per heavy atom. The minimum atomic E-state index is -0.131. The van der Waals surface area contributed by atoms with Crippen molar-refractivity contribution in [3.63, 3.8) is 0 Å². The zero-order valence-corrected chi connectivity index (χ0v) is 18.2. The van der Waals surface area contributed by atoms with Gasteiger partial charge in [-0.25, -0.2) is 0 Å². The number of fused-ring (bicyclic) bond motifs is 2. The Hall–Kier alpha value is -3.33. The molecule has 0 bridgehead atoms. The lowest BCUT2D eigenvalue weighted by Gasteiger charge is -2.37. The van der Waals surface area contributed by atoms with E-state index in [4.69, 9.17) is 0 Å². The van der Waals surface area contributed by atoms with E-state index in [0.29, 0.717) is 11.6 Å². The minimum absolute atomic E-state index is 0.0258. The maximum absolute atomic E-state index is 13.5. The number of nitrogens with zero attached hydrogens (tertiary/aromatic N) is 2. The van der Waals surface area contributed by atoms with Crippen LogP contribution in [-0.4, -0.2) is 23.4 Å². The number of aryl methyl sites for hydroxylation is 1. The fourth-order valence-corrected chi connectivity index (χ4v) is 4.92. The SMILES string of the molecule is CC(C)N1CCCc2cc([C@H]3c4ccccc4C=CN3C(=O)c3ccccc3)ccc21. The largest absolute Gasteiger partial charge is 0.369 e. The van der Waals surface area contributed by atoms with Crippen LogP contribution in [-0.2, 0) is 6.42 Å². The zero-order valence-electron chi connectivity index (χ0n) is 18.2. The van der Waals surface area contributed by atoms with Crippen LogP contribution in [0.4, 0.5) is 5.69 Å². The summed E-state index contributed by atoms with van der Waals surface area (Å²) in [6.07, 6.45) is 6.25. The summed E-state index contributed by atoms with van der Waals surface area (Å²) in [7, 11) is 0. The van der Waals surface area contributed by atoms with Crippen LogP contribution in [0, 0.1) is 0 Å². The molecule has 1 amide bonds. The van der Waals surface area contributed by atoms with Crippen LogP contribution in [0.5, 0.6) is 0 Å². The monoisotopic (exact) mass is 408 g/mol. The molecule has 0 N–H and O–H groups in total. The van der Waals surface area contributed by atoms with Gasteiger partial charge >= 0.3 is 0 Å². The fourth-order valence-electron chi connectivity index (χ4n) is 4.92. The molecule has 1 atom stereocenters. The van der Waals surface area contributed by atoms with Crippen LogP contribution in [0.1, 0.15) is 58.9 Å². The summed E-state index contributed by atoms with van der Waals surface area (Å²) < 4.78 is 0. The van der Waals surface area contributed by atoms with Gasteiger partial charge in [-0.15, -0.1) is 0 Å². The third-order valence-corrected chi connectivity index (χ3v) is 6.44. The fraction of sp³-hybridized carbons (Fsp3) is 0.250. The van der Waals surface area contributed by atoms with E-state index in [2.05, 4.69) is 61.2 Å². The number of hydrogen-bond donors (Lipinski definition) is 0. The van der Waals surface area contributed by atoms with Crippen molar-refractivity contribution in [2.75, 3.05) is 11.4 Å². The van der Waals surface area contributed by atoms with Crippen molar-refractivity contribution in [2.45, 2.75) is 38.8 Å². The molecule has 0 saturated heterocycles. The van der Waals surface area contributed by atoms with Crippen LogP contribution >= 0.6 is 0 Å². The quantitative estimate of drug-likeness (QED) is 0.526. The van der Waals surface area contributed by atoms with E-state index in [-0.39, 0.29) is 11.9 Å². The maximum atomic E-state index is 13.5. The first kappa shape index (κ1) is 19.6. The molecular formula is C28H28N2O. The normalized spacial score (nSPS) is 17.5. The first-order chi connectivity index (χ1) is 15.1. The van der Waals surface area contributed by atoms with E-state index >= 15 is 0 Å². The topological polar surface area (TPSA) is 23.6 Å². The molecule has 2 aliphatic rings. The Kier molecular flexibility index (Phi) is 5.11. The molecule has 3 aromatic carbocycles. The number of hydrogen-bond acceptors (Lipinski definition) is 2. The number of carbonyl (C=O) groups excluding carboxylic acids is 1. The Bertz CT molecular complexity index is 1130. The van der Waals surface area contributed by atoms with E-state index in [0.717, 1.165) is 13.0 Å². The molecule has 3 heteroatoms. The number of amides is 1. The van der Waals surface area contributed by atoms with Crippen molar-refractivity contribution in [1.82, 2.24) is 4.90 Å². The average Bonchev–Trinajstić information content (AvgIpc) is 2.82. The van der Waals surface area contributed by atoms with E-state index in [1.165, 1.54) is 34.4 Å². The zero-order chi connectivity index (χ0) is 21.4. The molecule has 0 radical (unpaired) electrons. The Labute approximate surface area is 184 Å². The molecular weight excluding hydrogens is 380 g/mol. The number of carbonyl (C=O) groups is 1. The molecule has 3 nitrogen and oxygen atoms in total. The maximum Gasteiger partial charge on any atom is 0.258 e. The van der Waals surface area contributed by atoms with Gasteiger partial charge in [0, 0.05) is 30.0 Å². The van der Waals surface area contributed by atoms with Crippen LogP contribution < -0.4 is 4.90 Å². The lowest BCUT2D eigenvalue weighted by atomic mass is 9.88. The Morgan fingerprint density at radius 2 is 1.74 bits per heavy atom. The minimum Gasteiger partial charge on any atom is -0.369 e. The predicted octanol–water partition coefficient (Wildman–Crippen LogP) is 6.06. The highest BCUT2D eigenvalue weighted by Gasteiger charge is 2.31. The van der Waals surface area contributed by atoms with Crippen molar-refractivity contribution in [1.29, 1.82) is 0 Å². The van der Waals surface area contributed by atoms with Gasteiger partial charge in [0.05, 0.1) is 6.04 Å². The second-order valence-corrected chi connectivity index (χ2v) is 8.70. The van der Waals surface area contributed by atoms with Crippen molar-refractivity contribution in [3.05, 3.63) is 107 Å². The van der Waals surface area contributed by atoms with Crippen molar-refractivity contribution < 1.29 is 4.79 Å². The number of rotatable bonds is 3. The highest BCUT2D eigenvalue weighted by molar-refractivity contribution is 5.96. The Morgan fingerprint density at radius 1 is 0.968 bits per heavy atom. The van der Waals surface area contributed by atoms with Gasteiger partial charge in [-0.1, -0.05) is 54.6 Å². The molecule has 2 heterocycles. The summed E-state index contributed by atoms with van der Waals surface area (Å²) in [5.74, 6) is 0.0258. The summed E-state index contributed by atoms with van der Waals surface area (Å²) in [6.45, 7) is 5.62. The number of anilines is 1. The lowest BCUT2D eigenvalue weighted by molar-refractivity contribution is 0.0787. The predicted molar refractivity (Wildman–Crippen MR) is 127 cm³/mol. The lowest BCUT2D eigenvalue weighted by Crippen LogP contribution is -2.36. The molecule has 0 unspecified atom stereocenters. The molecule has 3 aromatic rings. The van der Waals surface area contributed by atoms with Gasteiger partial charge in [0.2, 0.25) is 0 Å². The molecule has 0 aromatic heterocycles. The summed E-state index contributed by atoms with van der Waals surface area (Å²) in [6, 6.07) is 25.1. The van der Waals surface area contributed by atoms with Crippen molar-refractivity contribution in [2.24, 2.45) is 0 Å². The van der Waals surface area contributed by atoms with Crippen LogP contribution in [0.2, 0.25) is 0 Å². The van der Waals surface area contributed by atoms with Gasteiger partial charge in [0.15, 0.2) is 0 Å². The van der Waals surface area contributed by atoms with Gasteiger partial charge in [-0.05, 0) is 73.2 Å². The van der Waals surface area contributed by atoms with E-state index in [9.17, 15) is 4.79 Å². The second kappa shape index (κ2) is 8.07. The highest BCUT2D eigenvalue weighted by atomic mass is 16.2. The van der Waals surface area contributed by atoms with Crippen LogP contribution in [0.15, 0.2) is 79.0 Å². The highest BCUT2D eigenvalue weighted by Crippen LogP contribution is 2.39. The van der Waals surface area contributed by atoms with Crippen molar-refractivity contribution >= 4 is 17.7 Å². The summed E-state index contributed by atoms with van der Waals surface area (Å²) in [5, 5.41) is 0. The van der Waals surface area contributed by atoms with Gasteiger partial charge < -0.3 is 9.80 Å². The van der Waals surface area contributed by atoms with Gasteiger partial charge in [0.25, 0.3) is 5.91 Å². The van der Waals surface area contributed by atoms with Gasteiger partial charge in [-0.2, -0.15) is 0 Å². The molecule has 0 saturated carbocycles. The molecule has 0 spiro atoms. The molecule has 2 aliphatic heterocycles. The third-order valence-electron chi connectivity index (χ3n) is 6.44. The average molecular weight is 409 g/mol. The van der Waals surface area contributed by atoms with Crippen LogP contribution in [0.25, 0.3) is 6.08 Å². The summed E-state index contributed by atoms with van der Waals surface area (Å²) in [4.78, 5) is 17.9. The van der Waals surface area contributed by atoms with Crippen molar-refractivity contribution in [3.8, 4) is 0 Å². The standard InChI is InChI=1S/C28H28N2O/c1-20(2)29-17-8-12-23-19-24(14-15-26(23)29)27-25-13-7-6-9-21(25)16-18-30(27)28(31)22-10-4-3-5-11-22/h3-7,9-11,13-16,18-20,27H,8,12,17H2,1-2H3/t27-/m0/s1. The molecule has 0 aliphatic carbocycles. The number of benzene rings is 3. The third kappa shape index (κ3) is 3.54. The molecule has 156 valence electrons. The summed E-state index contributed by atoms with van der Waals surface area (Å²) >= 11 is 0. The van der Waals surface area contributed by atoms with Gasteiger partial charge in [-0.3, -0.25) is 4.79 Å². The van der Waals surface area contributed by atoms with Crippen LogP contribution in [0.3, 0.4) is 0 Å². The summed E-state index contributed by atoms with van der Waals surface area (Å²) in [5.41, 5.74) is 6.95. The van der Waals surface area contributed by atoms with E-state index in [1.807, 2.05) is 47.5 Å².